The lowest BCUT2D eigenvalue weighted by molar-refractivity contribution is 0.0572. The Labute approximate surface area is 111 Å². The van der Waals surface area contributed by atoms with Gasteiger partial charge in [0, 0.05) is 10.4 Å². The molecule has 1 heterocycles. The maximum Gasteiger partial charge on any atom is 0.134 e. The van der Waals surface area contributed by atoms with Crippen LogP contribution in [0.5, 0.6) is 0 Å². The Morgan fingerprint density at radius 2 is 2.17 bits per heavy atom. The van der Waals surface area contributed by atoms with E-state index in [0.29, 0.717) is 11.6 Å². The summed E-state index contributed by atoms with van der Waals surface area (Å²) in [5.41, 5.74) is 3.49. The third-order valence-electron chi connectivity index (χ3n) is 2.64. The van der Waals surface area contributed by atoms with Crippen molar-refractivity contribution in [2.24, 2.45) is 5.84 Å². The number of fused-ring (bicyclic) bond motifs is 1. The molecule has 0 saturated heterocycles. The normalized spacial score (nSPS) is 13.4. The zero-order valence-corrected chi connectivity index (χ0v) is 11.2. The summed E-state index contributed by atoms with van der Waals surface area (Å²) in [5.74, 6) is 6.27. The Balaban J connectivity index is 2.22. The molecule has 2 rings (SSSR count). The number of nitrogens with one attached hydrogen (secondary N) is 1. The van der Waals surface area contributed by atoms with Crippen molar-refractivity contribution < 1.29 is 9.15 Å². The van der Waals surface area contributed by atoms with Gasteiger partial charge in [0.1, 0.15) is 17.4 Å². The van der Waals surface area contributed by atoms with Crippen molar-refractivity contribution in [1.29, 1.82) is 0 Å². The summed E-state index contributed by atoms with van der Waals surface area (Å²) in [4.78, 5) is 0. The summed E-state index contributed by atoms with van der Waals surface area (Å²) in [6.07, 6.45) is 0.152. The molecule has 0 aliphatic carbocycles. The molecule has 0 spiro atoms. The highest BCUT2D eigenvalue weighted by molar-refractivity contribution is 6.31. The number of nitrogens with two attached hydrogens (primary N) is 1. The molecule has 5 heteroatoms. The van der Waals surface area contributed by atoms with Gasteiger partial charge in [-0.25, -0.2) is 5.43 Å². The van der Waals surface area contributed by atoms with Crippen molar-refractivity contribution in [1.82, 2.24) is 5.43 Å². The Morgan fingerprint density at radius 3 is 2.83 bits per heavy atom. The third kappa shape index (κ3) is 3.03. The molecule has 0 aliphatic rings. The first-order valence-corrected chi connectivity index (χ1v) is 6.24. The fraction of sp³-hybridized carbons (Fsp3) is 0.385. The number of hydrogen-bond acceptors (Lipinski definition) is 4. The van der Waals surface area contributed by atoms with E-state index in [1.165, 1.54) is 0 Å². The van der Waals surface area contributed by atoms with E-state index in [4.69, 9.17) is 26.6 Å². The second-order valence-corrected chi connectivity index (χ2v) is 4.87. The third-order valence-corrected chi connectivity index (χ3v) is 2.87. The highest BCUT2D eigenvalue weighted by atomic mass is 35.5. The molecular formula is C13H17ClN2O2. The topological polar surface area (TPSA) is 60.4 Å². The monoisotopic (exact) mass is 268 g/mol. The first-order valence-electron chi connectivity index (χ1n) is 5.87. The molecule has 98 valence electrons. The summed E-state index contributed by atoms with van der Waals surface area (Å²) >= 11 is 5.94. The maximum absolute atomic E-state index is 5.94. The quantitative estimate of drug-likeness (QED) is 0.646. The standard InChI is InChI=1S/C13H17ClN2O2/c1-8(2)17-7-11(16-15)13-6-9-5-10(14)3-4-12(9)18-13/h3-6,8,11,16H,7,15H2,1-2H3. The van der Waals surface area contributed by atoms with Crippen LogP contribution in [0.4, 0.5) is 0 Å². The van der Waals surface area contributed by atoms with E-state index in [0.717, 1.165) is 16.7 Å². The van der Waals surface area contributed by atoms with Crippen molar-refractivity contribution in [2.45, 2.75) is 26.0 Å². The van der Waals surface area contributed by atoms with Gasteiger partial charge in [-0.15, -0.1) is 0 Å². The molecule has 0 fully saturated rings. The summed E-state index contributed by atoms with van der Waals surface area (Å²) in [7, 11) is 0. The van der Waals surface area contributed by atoms with Crippen LogP contribution in [0.15, 0.2) is 28.7 Å². The van der Waals surface area contributed by atoms with E-state index in [9.17, 15) is 0 Å². The van der Waals surface area contributed by atoms with Crippen molar-refractivity contribution in [3.63, 3.8) is 0 Å². The number of rotatable bonds is 5. The molecule has 1 aromatic heterocycles. The number of halogens is 1. The van der Waals surface area contributed by atoms with Crippen molar-refractivity contribution in [2.75, 3.05) is 6.61 Å². The predicted octanol–water partition coefficient (Wildman–Crippen LogP) is 3.02. The molecule has 18 heavy (non-hydrogen) atoms. The van der Waals surface area contributed by atoms with Gasteiger partial charge in [0.05, 0.1) is 12.7 Å². The minimum atomic E-state index is -0.168. The molecule has 0 saturated carbocycles. The van der Waals surface area contributed by atoms with Gasteiger partial charge in [0.15, 0.2) is 0 Å². The number of hydrazine groups is 1. The van der Waals surface area contributed by atoms with Gasteiger partial charge in [0.2, 0.25) is 0 Å². The highest BCUT2D eigenvalue weighted by Gasteiger charge is 2.16. The Kier molecular flexibility index (Phi) is 4.24. The lowest BCUT2D eigenvalue weighted by Gasteiger charge is -2.15. The summed E-state index contributed by atoms with van der Waals surface area (Å²) in [6.45, 7) is 4.42. The fourth-order valence-electron chi connectivity index (χ4n) is 1.71. The van der Waals surface area contributed by atoms with Crippen LogP contribution in [0.3, 0.4) is 0 Å². The van der Waals surface area contributed by atoms with Crippen LogP contribution in [-0.4, -0.2) is 12.7 Å². The van der Waals surface area contributed by atoms with E-state index in [2.05, 4.69) is 5.43 Å². The summed E-state index contributed by atoms with van der Waals surface area (Å²) in [5, 5.41) is 1.65. The Bertz CT molecular complexity index is 525. The molecule has 2 aromatic rings. The van der Waals surface area contributed by atoms with E-state index in [1.54, 1.807) is 6.07 Å². The van der Waals surface area contributed by atoms with Gasteiger partial charge < -0.3 is 9.15 Å². The van der Waals surface area contributed by atoms with Crippen LogP contribution in [0, 0.1) is 0 Å². The van der Waals surface area contributed by atoms with Crippen LogP contribution in [-0.2, 0) is 4.74 Å². The number of ether oxygens (including phenoxy) is 1. The number of hydrogen-bond donors (Lipinski definition) is 2. The molecule has 1 unspecified atom stereocenters. The zero-order chi connectivity index (χ0) is 13.1. The van der Waals surface area contributed by atoms with E-state index in [1.807, 2.05) is 32.0 Å². The molecule has 3 N–H and O–H groups in total. The molecular weight excluding hydrogens is 252 g/mol. The largest absolute Gasteiger partial charge is 0.459 e. The number of furan rings is 1. The minimum Gasteiger partial charge on any atom is -0.459 e. The van der Waals surface area contributed by atoms with Crippen molar-refractivity contribution in [3.8, 4) is 0 Å². The molecule has 1 aromatic carbocycles. The average Bonchev–Trinajstić information content (AvgIpc) is 2.72. The van der Waals surface area contributed by atoms with Crippen LogP contribution in [0.1, 0.15) is 25.6 Å². The first-order chi connectivity index (χ1) is 8.60. The van der Waals surface area contributed by atoms with Crippen LogP contribution in [0.25, 0.3) is 11.0 Å². The van der Waals surface area contributed by atoms with E-state index < -0.39 is 0 Å². The molecule has 0 radical (unpaired) electrons. The number of benzene rings is 1. The average molecular weight is 269 g/mol. The van der Waals surface area contributed by atoms with Crippen molar-refractivity contribution >= 4 is 22.6 Å². The van der Waals surface area contributed by atoms with Crippen LogP contribution in [0.2, 0.25) is 5.02 Å². The Morgan fingerprint density at radius 1 is 1.39 bits per heavy atom. The fourth-order valence-corrected chi connectivity index (χ4v) is 1.89. The van der Waals surface area contributed by atoms with Gasteiger partial charge in [-0.1, -0.05) is 11.6 Å². The summed E-state index contributed by atoms with van der Waals surface area (Å²) in [6, 6.07) is 7.26. The smallest absolute Gasteiger partial charge is 0.134 e. The van der Waals surface area contributed by atoms with Gasteiger partial charge in [-0.05, 0) is 38.1 Å². The highest BCUT2D eigenvalue weighted by Crippen LogP contribution is 2.26. The van der Waals surface area contributed by atoms with E-state index in [-0.39, 0.29) is 12.1 Å². The van der Waals surface area contributed by atoms with E-state index >= 15 is 0 Å². The van der Waals surface area contributed by atoms with Crippen LogP contribution >= 0.6 is 11.6 Å². The first kappa shape index (κ1) is 13.4. The van der Waals surface area contributed by atoms with Gasteiger partial charge >= 0.3 is 0 Å². The molecule has 4 nitrogen and oxygen atoms in total. The Hall–Kier alpha value is -1.07. The van der Waals surface area contributed by atoms with Gasteiger partial charge in [-0.2, -0.15) is 0 Å². The molecule has 0 aliphatic heterocycles. The molecule has 1 atom stereocenters. The van der Waals surface area contributed by atoms with Gasteiger partial charge in [-0.3, -0.25) is 5.84 Å². The SMILES string of the molecule is CC(C)OCC(NN)c1cc2cc(Cl)ccc2o1. The lowest BCUT2D eigenvalue weighted by Crippen LogP contribution is -2.31. The second kappa shape index (κ2) is 5.71. The second-order valence-electron chi connectivity index (χ2n) is 4.43. The molecule has 0 bridgehead atoms. The summed E-state index contributed by atoms with van der Waals surface area (Å²) < 4.78 is 11.3. The minimum absolute atomic E-state index is 0.152. The van der Waals surface area contributed by atoms with Gasteiger partial charge in [0.25, 0.3) is 0 Å². The van der Waals surface area contributed by atoms with Crippen LogP contribution < -0.4 is 11.3 Å². The predicted molar refractivity (Wildman–Crippen MR) is 72.4 cm³/mol. The maximum atomic E-state index is 5.94. The zero-order valence-electron chi connectivity index (χ0n) is 10.4. The molecule has 0 amide bonds. The lowest BCUT2D eigenvalue weighted by atomic mass is 10.2. The van der Waals surface area contributed by atoms with Crippen molar-refractivity contribution in [3.05, 3.63) is 35.0 Å².